The summed E-state index contributed by atoms with van der Waals surface area (Å²) in [5.41, 5.74) is 0. The lowest BCUT2D eigenvalue weighted by atomic mass is 9.78. The zero-order valence-electron chi connectivity index (χ0n) is 8.43. The van der Waals surface area contributed by atoms with Crippen molar-refractivity contribution in [3.8, 4) is 6.07 Å². The molecule has 5 heteroatoms. The van der Waals surface area contributed by atoms with Crippen LogP contribution in [0.1, 0.15) is 12.8 Å². The fourth-order valence-electron chi connectivity index (χ4n) is 2.26. The van der Waals surface area contributed by atoms with Crippen LogP contribution < -0.4 is 0 Å². The maximum absolute atomic E-state index is 10.9. The normalized spacial score (nSPS) is 36.6. The summed E-state index contributed by atoms with van der Waals surface area (Å²) in [7, 11) is 0. The van der Waals surface area contributed by atoms with Crippen LogP contribution in [0.25, 0.3) is 0 Å². The van der Waals surface area contributed by atoms with Gasteiger partial charge in [0.1, 0.15) is 0 Å². The van der Waals surface area contributed by atoms with Crippen LogP contribution in [0.4, 0.5) is 0 Å². The molecule has 1 saturated heterocycles. The van der Waals surface area contributed by atoms with Gasteiger partial charge in [0.05, 0.1) is 18.6 Å². The first-order chi connectivity index (χ1) is 7.22. The molecule has 2 fully saturated rings. The van der Waals surface area contributed by atoms with E-state index in [1.165, 1.54) is 0 Å². The minimum absolute atomic E-state index is 0.113. The average Bonchev–Trinajstić information content (AvgIpc) is 2.15. The first-order valence-electron chi connectivity index (χ1n) is 5.20. The van der Waals surface area contributed by atoms with Gasteiger partial charge in [-0.1, -0.05) is 0 Å². The summed E-state index contributed by atoms with van der Waals surface area (Å²) in [6.07, 6.45) is 1.29. The minimum atomic E-state index is -0.716. The Morgan fingerprint density at radius 3 is 2.87 bits per heavy atom. The fraction of sp³-hybridized carbons (Fsp3) is 0.800. The van der Waals surface area contributed by atoms with E-state index >= 15 is 0 Å². The molecule has 0 aromatic heterocycles. The third-order valence-corrected chi connectivity index (χ3v) is 3.27. The highest BCUT2D eigenvalue weighted by atomic mass is 16.5. The summed E-state index contributed by atoms with van der Waals surface area (Å²) < 4.78 is 5.22. The van der Waals surface area contributed by atoms with Gasteiger partial charge in [-0.2, -0.15) is 5.26 Å². The van der Waals surface area contributed by atoms with Gasteiger partial charge in [0.2, 0.25) is 0 Å². The van der Waals surface area contributed by atoms with Crippen molar-refractivity contribution < 1.29 is 14.6 Å². The van der Waals surface area contributed by atoms with Crippen molar-refractivity contribution in [2.24, 2.45) is 5.92 Å². The monoisotopic (exact) mass is 210 g/mol. The number of hydrogen-bond acceptors (Lipinski definition) is 4. The molecule has 1 heterocycles. The van der Waals surface area contributed by atoms with Crippen LogP contribution >= 0.6 is 0 Å². The molecular weight excluding hydrogens is 196 g/mol. The molecule has 1 saturated carbocycles. The summed E-state index contributed by atoms with van der Waals surface area (Å²) >= 11 is 0. The molecule has 0 aromatic carbocycles. The third kappa shape index (κ3) is 1.96. The van der Waals surface area contributed by atoms with Crippen molar-refractivity contribution in [2.75, 3.05) is 19.7 Å². The highest BCUT2D eigenvalue weighted by Crippen LogP contribution is 2.33. The Balaban J connectivity index is 1.94. The second kappa shape index (κ2) is 4.17. The van der Waals surface area contributed by atoms with Crippen molar-refractivity contribution >= 4 is 5.97 Å². The van der Waals surface area contributed by atoms with E-state index in [0.29, 0.717) is 13.2 Å². The molecule has 3 unspecified atom stereocenters. The van der Waals surface area contributed by atoms with Crippen molar-refractivity contribution in [1.29, 1.82) is 5.26 Å². The van der Waals surface area contributed by atoms with Gasteiger partial charge in [0.15, 0.2) is 6.10 Å². The lowest BCUT2D eigenvalue weighted by molar-refractivity contribution is -0.151. The lowest BCUT2D eigenvalue weighted by Gasteiger charge is -2.44. The molecule has 1 N–H and O–H groups in total. The molecule has 2 rings (SSSR count). The van der Waals surface area contributed by atoms with Crippen molar-refractivity contribution in [3.63, 3.8) is 0 Å². The van der Waals surface area contributed by atoms with E-state index in [1.54, 1.807) is 0 Å². The number of carbonyl (C=O) groups is 1. The van der Waals surface area contributed by atoms with Crippen LogP contribution in [0.2, 0.25) is 0 Å². The number of carboxylic acids is 1. The smallest absolute Gasteiger partial charge is 0.308 e. The maximum Gasteiger partial charge on any atom is 0.308 e. The van der Waals surface area contributed by atoms with E-state index in [-0.39, 0.29) is 12.0 Å². The van der Waals surface area contributed by atoms with Crippen molar-refractivity contribution in [2.45, 2.75) is 25.0 Å². The second-order valence-corrected chi connectivity index (χ2v) is 4.07. The molecule has 0 bridgehead atoms. The number of ether oxygens (including phenoxy) is 1. The number of hydrogen-bond donors (Lipinski definition) is 1. The number of nitriles is 1. The summed E-state index contributed by atoms with van der Waals surface area (Å²) in [6.45, 7) is 1.82. The van der Waals surface area contributed by atoms with E-state index in [4.69, 9.17) is 15.1 Å². The third-order valence-electron chi connectivity index (χ3n) is 3.27. The van der Waals surface area contributed by atoms with Crippen LogP contribution in [0.15, 0.2) is 0 Å². The van der Waals surface area contributed by atoms with E-state index in [0.717, 1.165) is 19.4 Å². The topological polar surface area (TPSA) is 73.6 Å². The van der Waals surface area contributed by atoms with Crippen LogP contribution in [-0.4, -0.2) is 47.8 Å². The summed E-state index contributed by atoms with van der Waals surface area (Å²) in [5.74, 6) is -0.964. The average molecular weight is 210 g/mol. The highest BCUT2D eigenvalue weighted by Gasteiger charge is 2.41. The van der Waals surface area contributed by atoms with E-state index < -0.39 is 12.1 Å². The molecule has 3 atom stereocenters. The van der Waals surface area contributed by atoms with Gasteiger partial charge in [0.25, 0.3) is 0 Å². The van der Waals surface area contributed by atoms with Crippen LogP contribution in [-0.2, 0) is 9.53 Å². The maximum atomic E-state index is 10.9. The molecule has 2 aliphatic rings. The van der Waals surface area contributed by atoms with Crippen molar-refractivity contribution in [1.82, 2.24) is 4.90 Å². The molecule has 15 heavy (non-hydrogen) atoms. The molecule has 1 aliphatic heterocycles. The first kappa shape index (κ1) is 10.4. The standard InChI is InChI=1S/C10H14N2O3/c11-5-7-6-12(3-4-15-7)9-2-1-8(9)10(13)14/h7-9H,1-4,6H2,(H,13,14). The molecule has 0 spiro atoms. The van der Waals surface area contributed by atoms with Crippen LogP contribution in [0, 0.1) is 17.2 Å². The second-order valence-electron chi connectivity index (χ2n) is 4.07. The van der Waals surface area contributed by atoms with E-state index in [9.17, 15) is 4.79 Å². The number of nitrogens with zero attached hydrogens (tertiary/aromatic N) is 2. The predicted octanol–water partition coefficient (Wildman–Crippen LogP) is 0.0740. The van der Waals surface area contributed by atoms with E-state index in [1.807, 2.05) is 0 Å². The number of morpholine rings is 1. The van der Waals surface area contributed by atoms with Gasteiger partial charge >= 0.3 is 5.97 Å². The molecule has 0 radical (unpaired) electrons. The Morgan fingerprint density at radius 2 is 2.33 bits per heavy atom. The van der Waals surface area contributed by atoms with Gasteiger partial charge in [0, 0.05) is 19.1 Å². The zero-order chi connectivity index (χ0) is 10.8. The van der Waals surface area contributed by atoms with Gasteiger partial charge < -0.3 is 9.84 Å². The lowest BCUT2D eigenvalue weighted by Crippen LogP contribution is -2.55. The van der Waals surface area contributed by atoms with Crippen LogP contribution in [0.5, 0.6) is 0 Å². The van der Waals surface area contributed by atoms with Crippen molar-refractivity contribution in [3.05, 3.63) is 0 Å². The SMILES string of the molecule is N#CC1CN(C2CCC2C(=O)O)CCO1. The first-order valence-corrected chi connectivity index (χ1v) is 5.20. The number of rotatable bonds is 2. The van der Waals surface area contributed by atoms with Gasteiger partial charge in [-0.25, -0.2) is 0 Å². The predicted molar refractivity (Wildman–Crippen MR) is 51.1 cm³/mol. The molecule has 82 valence electrons. The number of aliphatic carboxylic acids is 1. The van der Waals surface area contributed by atoms with E-state index in [2.05, 4.69) is 11.0 Å². The fourth-order valence-corrected chi connectivity index (χ4v) is 2.26. The Bertz CT molecular complexity index is 300. The summed E-state index contributed by atoms with van der Waals surface area (Å²) in [6, 6.07) is 2.18. The molecule has 5 nitrogen and oxygen atoms in total. The minimum Gasteiger partial charge on any atom is -0.481 e. The quantitative estimate of drug-likeness (QED) is 0.698. The van der Waals surface area contributed by atoms with Gasteiger partial charge in [-0.3, -0.25) is 9.69 Å². The summed E-state index contributed by atoms with van der Waals surface area (Å²) in [5, 5.41) is 17.7. The Kier molecular flexibility index (Phi) is 2.89. The molecule has 0 aromatic rings. The number of carboxylic acid groups (broad SMARTS) is 1. The Labute approximate surface area is 88.2 Å². The molecule has 1 aliphatic carbocycles. The van der Waals surface area contributed by atoms with Gasteiger partial charge in [-0.15, -0.1) is 0 Å². The zero-order valence-corrected chi connectivity index (χ0v) is 8.43. The largest absolute Gasteiger partial charge is 0.481 e. The van der Waals surface area contributed by atoms with Crippen LogP contribution in [0.3, 0.4) is 0 Å². The van der Waals surface area contributed by atoms with Gasteiger partial charge in [-0.05, 0) is 12.8 Å². The molecule has 0 amide bonds. The highest BCUT2D eigenvalue weighted by molar-refractivity contribution is 5.72. The Morgan fingerprint density at radius 1 is 1.53 bits per heavy atom. The molecular formula is C10H14N2O3. The summed E-state index contributed by atoms with van der Waals surface area (Å²) in [4.78, 5) is 12.9. The Hall–Kier alpha value is -1.12.